The van der Waals surface area contributed by atoms with Crippen LogP contribution in [0, 0.1) is 34.5 Å². The predicted molar refractivity (Wildman–Crippen MR) is 70.4 cm³/mol. The van der Waals surface area contributed by atoms with Crippen molar-refractivity contribution in [1.82, 2.24) is 5.32 Å². The van der Waals surface area contributed by atoms with E-state index in [4.69, 9.17) is 5.26 Å². The van der Waals surface area contributed by atoms with Crippen molar-refractivity contribution in [2.75, 3.05) is 6.54 Å². The van der Waals surface area contributed by atoms with Gasteiger partial charge < -0.3 is 5.32 Å². The van der Waals surface area contributed by atoms with Gasteiger partial charge in [-0.15, -0.1) is 0 Å². The Hall–Kier alpha value is -0.550. The number of nitrogens with zero attached hydrogens (tertiary/aromatic N) is 1. The first kappa shape index (κ1) is 12.9. The third-order valence-electron chi connectivity index (χ3n) is 4.95. The topological polar surface area (TPSA) is 35.8 Å². The minimum absolute atomic E-state index is 0.179. The van der Waals surface area contributed by atoms with E-state index in [-0.39, 0.29) is 5.41 Å². The van der Waals surface area contributed by atoms with Crippen LogP contribution in [0.3, 0.4) is 0 Å². The third kappa shape index (κ3) is 3.01. The monoisotopic (exact) mass is 234 g/mol. The van der Waals surface area contributed by atoms with Gasteiger partial charge in [0.1, 0.15) is 0 Å². The summed E-state index contributed by atoms with van der Waals surface area (Å²) in [6.07, 6.45) is 6.83. The average molecular weight is 234 g/mol. The summed E-state index contributed by atoms with van der Waals surface area (Å²) in [6, 6.07) is 3.01. The Balaban J connectivity index is 1.72. The lowest BCUT2D eigenvalue weighted by Crippen LogP contribution is -2.37. The van der Waals surface area contributed by atoms with Gasteiger partial charge in [0.25, 0.3) is 0 Å². The van der Waals surface area contributed by atoms with Crippen molar-refractivity contribution in [2.24, 2.45) is 23.2 Å². The molecule has 2 aliphatic rings. The van der Waals surface area contributed by atoms with E-state index in [1.807, 2.05) is 13.8 Å². The molecule has 0 heterocycles. The van der Waals surface area contributed by atoms with Gasteiger partial charge in [0.2, 0.25) is 0 Å². The molecule has 0 radical (unpaired) electrons. The molecule has 96 valence electrons. The van der Waals surface area contributed by atoms with Crippen LogP contribution in [0.4, 0.5) is 0 Å². The van der Waals surface area contributed by atoms with Gasteiger partial charge in [-0.25, -0.2) is 0 Å². The molecule has 4 unspecified atom stereocenters. The van der Waals surface area contributed by atoms with E-state index in [1.165, 1.54) is 25.7 Å². The van der Waals surface area contributed by atoms with Crippen molar-refractivity contribution in [2.45, 2.75) is 58.9 Å². The summed E-state index contributed by atoms with van der Waals surface area (Å²) < 4.78 is 0. The van der Waals surface area contributed by atoms with E-state index < -0.39 is 0 Å². The van der Waals surface area contributed by atoms with E-state index in [0.717, 1.165) is 30.7 Å². The highest BCUT2D eigenvalue weighted by atomic mass is 14.9. The van der Waals surface area contributed by atoms with Crippen molar-refractivity contribution in [3.63, 3.8) is 0 Å². The molecule has 0 spiro atoms. The quantitative estimate of drug-likeness (QED) is 0.792. The molecule has 2 aliphatic carbocycles. The van der Waals surface area contributed by atoms with Crippen LogP contribution >= 0.6 is 0 Å². The normalized spacial score (nSPS) is 33.6. The first-order valence-corrected chi connectivity index (χ1v) is 7.16. The molecule has 2 fully saturated rings. The summed E-state index contributed by atoms with van der Waals surface area (Å²) >= 11 is 0. The largest absolute Gasteiger partial charge is 0.314 e. The van der Waals surface area contributed by atoms with Crippen molar-refractivity contribution in [1.29, 1.82) is 5.26 Å². The Morgan fingerprint density at radius 3 is 2.65 bits per heavy atom. The Morgan fingerprint density at radius 1 is 1.35 bits per heavy atom. The van der Waals surface area contributed by atoms with Crippen molar-refractivity contribution in [3.05, 3.63) is 0 Å². The highest BCUT2D eigenvalue weighted by Gasteiger charge is 2.41. The lowest BCUT2D eigenvalue weighted by Gasteiger charge is -2.29. The number of hydrogen-bond donors (Lipinski definition) is 1. The summed E-state index contributed by atoms with van der Waals surface area (Å²) in [7, 11) is 0. The number of hydrogen-bond acceptors (Lipinski definition) is 2. The number of nitrogens with one attached hydrogen (secondary N) is 1. The zero-order valence-corrected chi connectivity index (χ0v) is 11.5. The Morgan fingerprint density at radius 2 is 2.12 bits per heavy atom. The Bertz CT molecular complexity index is 303. The predicted octanol–water partition coefficient (Wildman–Crippen LogP) is 3.34. The average Bonchev–Trinajstić information content (AvgIpc) is 2.90. The maximum atomic E-state index is 8.98. The first-order chi connectivity index (χ1) is 8.02. The highest BCUT2D eigenvalue weighted by Crippen LogP contribution is 2.49. The summed E-state index contributed by atoms with van der Waals surface area (Å²) in [5, 5.41) is 12.6. The Kier molecular flexibility index (Phi) is 3.78. The summed E-state index contributed by atoms with van der Waals surface area (Å²) in [5.74, 6) is 2.93. The van der Waals surface area contributed by atoms with Crippen LogP contribution < -0.4 is 5.32 Å². The van der Waals surface area contributed by atoms with Crippen LogP contribution in [-0.2, 0) is 0 Å². The molecule has 0 saturated heterocycles. The lowest BCUT2D eigenvalue weighted by atomic mass is 9.83. The molecular formula is C15H26N2. The van der Waals surface area contributed by atoms with Crippen molar-refractivity contribution >= 4 is 0 Å². The van der Waals surface area contributed by atoms with Crippen LogP contribution in [0.1, 0.15) is 52.9 Å². The first-order valence-electron chi connectivity index (χ1n) is 7.16. The second kappa shape index (κ2) is 4.98. The fraction of sp³-hybridized carbons (Fsp3) is 0.933. The molecule has 17 heavy (non-hydrogen) atoms. The number of nitriles is 1. The molecule has 0 aromatic carbocycles. The van der Waals surface area contributed by atoms with Crippen LogP contribution in [0.2, 0.25) is 0 Å². The van der Waals surface area contributed by atoms with Gasteiger partial charge in [0.05, 0.1) is 11.5 Å². The van der Waals surface area contributed by atoms with E-state index in [1.54, 1.807) is 0 Å². The Labute approximate surface area is 106 Å². The van der Waals surface area contributed by atoms with E-state index >= 15 is 0 Å². The van der Waals surface area contributed by atoms with Gasteiger partial charge in [0.15, 0.2) is 0 Å². The molecule has 0 aliphatic heterocycles. The molecular weight excluding hydrogens is 208 g/mol. The van der Waals surface area contributed by atoms with E-state index in [0.29, 0.717) is 6.04 Å². The summed E-state index contributed by atoms with van der Waals surface area (Å²) in [4.78, 5) is 0. The highest BCUT2D eigenvalue weighted by molar-refractivity contribution is 4.95. The molecule has 1 N–H and O–H groups in total. The maximum Gasteiger partial charge on any atom is 0.0684 e. The van der Waals surface area contributed by atoms with Crippen LogP contribution in [0.5, 0.6) is 0 Å². The van der Waals surface area contributed by atoms with Gasteiger partial charge >= 0.3 is 0 Å². The SMILES string of the molecule is CC(NCCC(C)(C)C#N)C1CC2CCC1C2. The molecule has 2 rings (SSSR count). The third-order valence-corrected chi connectivity index (χ3v) is 4.95. The van der Waals surface area contributed by atoms with E-state index in [9.17, 15) is 0 Å². The number of rotatable bonds is 5. The maximum absolute atomic E-state index is 8.98. The molecule has 0 aromatic heterocycles. The molecule has 2 heteroatoms. The summed E-state index contributed by atoms with van der Waals surface area (Å²) in [6.45, 7) is 7.37. The second-order valence-electron chi connectivity index (χ2n) is 6.83. The lowest BCUT2D eigenvalue weighted by molar-refractivity contribution is 0.254. The van der Waals surface area contributed by atoms with Crippen molar-refractivity contribution < 1.29 is 0 Å². The zero-order chi connectivity index (χ0) is 12.5. The van der Waals surface area contributed by atoms with Gasteiger partial charge in [0, 0.05) is 6.04 Å². The number of fused-ring (bicyclic) bond motifs is 2. The fourth-order valence-corrected chi connectivity index (χ4v) is 3.73. The summed E-state index contributed by atoms with van der Waals surface area (Å²) in [5.41, 5.74) is -0.179. The smallest absolute Gasteiger partial charge is 0.0684 e. The van der Waals surface area contributed by atoms with Gasteiger partial charge in [-0.2, -0.15) is 5.26 Å². The zero-order valence-electron chi connectivity index (χ0n) is 11.5. The molecule has 2 saturated carbocycles. The minimum Gasteiger partial charge on any atom is -0.314 e. The van der Waals surface area contributed by atoms with Gasteiger partial charge in [-0.3, -0.25) is 0 Å². The fourth-order valence-electron chi connectivity index (χ4n) is 3.73. The van der Waals surface area contributed by atoms with Crippen LogP contribution in [0.15, 0.2) is 0 Å². The standard InChI is InChI=1S/C15H26N2/c1-11(17-7-6-15(2,3)10-16)14-9-12-4-5-13(14)8-12/h11-14,17H,4-9H2,1-3H3. The second-order valence-corrected chi connectivity index (χ2v) is 6.83. The molecule has 4 atom stereocenters. The molecule has 0 amide bonds. The molecule has 2 nitrogen and oxygen atoms in total. The van der Waals surface area contributed by atoms with E-state index in [2.05, 4.69) is 18.3 Å². The van der Waals surface area contributed by atoms with Crippen molar-refractivity contribution in [3.8, 4) is 6.07 Å². The van der Waals surface area contributed by atoms with Gasteiger partial charge in [-0.1, -0.05) is 6.42 Å². The molecule has 0 aromatic rings. The molecule has 2 bridgehead atoms. The van der Waals surface area contributed by atoms with Crippen LogP contribution in [0.25, 0.3) is 0 Å². The van der Waals surface area contributed by atoms with Gasteiger partial charge in [-0.05, 0) is 70.8 Å². The van der Waals surface area contributed by atoms with Crippen LogP contribution in [-0.4, -0.2) is 12.6 Å². The minimum atomic E-state index is -0.179.